The van der Waals surface area contributed by atoms with E-state index in [1.165, 1.54) is 6.08 Å². The van der Waals surface area contributed by atoms with E-state index in [-0.39, 0.29) is 13.1 Å². The number of aryl methyl sites for hydroxylation is 1. The molecule has 3 nitrogen and oxygen atoms in total. The van der Waals surface area contributed by atoms with Gasteiger partial charge in [-0.05, 0) is 37.1 Å². The van der Waals surface area contributed by atoms with E-state index in [0.717, 1.165) is 22.2 Å². The maximum Gasteiger partial charge on any atom is 0.460 e. The van der Waals surface area contributed by atoms with Gasteiger partial charge in [0, 0.05) is 29.7 Å². The quantitative estimate of drug-likeness (QED) is 0.644. The number of hydrogen-bond acceptors (Lipinski definition) is 2. The first kappa shape index (κ1) is 16.4. The van der Waals surface area contributed by atoms with E-state index in [1.54, 1.807) is 7.11 Å². The molecule has 0 saturated heterocycles. The Kier molecular flexibility index (Phi) is 4.81. The number of halogens is 3. The lowest BCUT2D eigenvalue weighted by Gasteiger charge is -2.23. The third-order valence-corrected chi connectivity index (χ3v) is 3.67. The van der Waals surface area contributed by atoms with Gasteiger partial charge < -0.3 is 9.72 Å². The number of benzene rings is 1. The van der Waals surface area contributed by atoms with Crippen molar-refractivity contribution in [2.75, 3.05) is 20.2 Å². The summed E-state index contributed by atoms with van der Waals surface area (Å²) in [4.78, 5) is 3.65. The van der Waals surface area contributed by atoms with E-state index < -0.39 is 6.30 Å². The maximum absolute atomic E-state index is 12.9. The van der Waals surface area contributed by atoms with Gasteiger partial charge in [0.15, 0.2) is 0 Å². The molecule has 1 aromatic heterocycles. The first-order chi connectivity index (χ1) is 10.4. The van der Waals surface area contributed by atoms with Gasteiger partial charge in [-0.25, -0.2) is 4.90 Å². The van der Waals surface area contributed by atoms with Crippen LogP contribution in [0.25, 0.3) is 10.9 Å². The Morgan fingerprint density at radius 1 is 1.36 bits per heavy atom. The molecule has 1 N–H and O–H groups in total. The average Bonchev–Trinajstić information content (AvgIpc) is 2.77. The molecule has 0 aliphatic carbocycles. The second-order valence-electron chi connectivity index (χ2n) is 5.09. The van der Waals surface area contributed by atoms with Crippen molar-refractivity contribution in [1.82, 2.24) is 9.88 Å². The molecule has 0 amide bonds. The summed E-state index contributed by atoms with van der Waals surface area (Å²) < 4.78 is 43.9. The summed E-state index contributed by atoms with van der Waals surface area (Å²) in [6.07, 6.45) is -2.79. The number of fused-ring (bicyclic) bond motifs is 1. The Hall–Kier alpha value is -1.95. The van der Waals surface area contributed by atoms with Gasteiger partial charge in [-0.1, -0.05) is 6.08 Å². The normalized spacial score (nSPS) is 12.1. The molecule has 22 heavy (non-hydrogen) atoms. The van der Waals surface area contributed by atoms with Crippen LogP contribution < -0.4 is 4.74 Å². The first-order valence-corrected chi connectivity index (χ1v) is 6.94. The number of hydrogen-bond donors (Lipinski definition) is 1. The van der Waals surface area contributed by atoms with Crippen molar-refractivity contribution in [3.8, 4) is 5.75 Å². The Balaban J connectivity index is 2.26. The van der Waals surface area contributed by atoms with E-state index >= 15 is 0 Å². The van der Waals surface area contributed by atoms with Gasteiger partial charge in [0.25, 0.3) is 0 Å². The van der Waals surface area contributed by atoms with E-state index in [9.17, 15) is 13.2 Å². The minimum atomic E-state index is -4.36. The van der Waals surface area contributed by atoms with Crippen LogP contribution in [0.15, 0.2) is 30.9 Å². The van der Waals surface area contributed by atoms with Gasteiger partial charge in [-0.3, -0.25) is 0 Å². The number of H-pyrrole nitrogens is 1. The van der Waals surface area contributed by atoms with Crippen molar-refractivity contribution < 1.29 is 17.9 Å². The summed E-state index contributed by atoms with van der Waals surface area (Å²) >= 11 is 0. The Morgan fingerprint density at radius 2 is 2.09 bits per heavy atom. The summed E-state index contributed by atoms with van der Waals surface area (Å²) in [5, 5.41) is 0.901. The van der Waals surface area contributed by atoms with Crippen molar-refractivity contribution in [1.29, 1.82) is 0 Å². The van der Waals surface area contributed by atoms with Gasteiger partial charge >= 0.3 is 6.30 Å². The summed E-state index contributed by atoms with van der Waals surface area (Å²) in [5.41, 5.74) is 2.66. The van der Waals surface area contributed by atoms with Gasteiger partial charge in [0.1, 0.15) is 5.75 Å². The first-order valence-electron chi connectivity index (χ1n) is 6.94. The van der Waals surface area contributed by atoms with Crippen LogP contribution in [-0.4, -0.2) is 36.4 Å². The van der Waals surface area contributed by atoms with E-state index in [0.29, 0.717) is 17.1 Å². The van der Waals surface area contributed by atoms with Gasteiger partial charge in [0.2, 0.25) is 0 Å². The third-order valence-electron chi connectivity index (χ3n) is 3.67. The number of ether oxygens (including phenoxy) is 1. The molecular formula is C16H19F3N2O. The van der Waals surface area contributed by atoms with Gasteiger partial charge in [-0.2, -0.15) is 13.2 Å². The Labute approximate surface area is 127 Å². The van der Waals surface area contributed by atoms with Crippen LogP contribution in [0.1, 0.15) is 11.3 Å². The van der Waals surface area contributed by atoms with Gasteiger partial charge in [0.05, 0.1) is 7.11 Å². The molecule has 2 rings (SSSR count). The molecule has 1 heterocycles. The number of aromatic amines is 1. The zero-order chi connectivity index (χ0) is 16.3. The lowest BCUT2D eigenvalue weighted by atomic mass is 10.1. The molecule has 0 radical (unpaired) electrons. The molecule has 2 aromatic rings. The molecule has 0 spiro atoms. The van der Waals surface area contributed by atoms with Crippen LogP contribution in [0.4, 0.5) is 13.2 Å². The highest BCUT2D eigenvalue weighted by Gasteiger charge is 2.35. The zero-order valence-electron chi connectivity index (χ0n) is 12.6. The van der Waals surface area contributed by atoms with Crippen LogP contribution in [-0.2, 0) is 6.42 Å². The second-order valence-corrected chi connectivity index (χ2v) is 5.09. The molecule has 0 bridgehead atoms. The number of aromatic nitrogens is 1. The predicted molar refractivity (Wildman–Crippen MR) is 81.1 cm³/mol. The number of nitrogens with one attached hydrogen (secondary N) is 1. The van der Waals surface area contributed by atoms with Gasteiger partial charge in [-0.15, -0.1) is 6.58 Å². The molecule has 0 aliphatic rings. The maximum atomic E-state index is 12.9. The van der Waals surface area contributed by atoms with Crippen LogP contribution in [0.2, 0.25) is 0 Å². The fourth-order valence-electron chi connectivity index (χ4n) is 2.53. The smallest absolute Gasteiger partial charge is 0.460 e. The van der Waals surface area contributed by atoms with E-state index in [1.807, 2.05) is 25.1 Å². The number of nitrogens with zero attached hydrogens (tertiary/aromatic N) is 1. The topological polar surface area (TPSA) is 28.3 Å². The molecule has 0 unspecified atom stereocenters. The lowest BCUT2D eigenvalue weighted by molar-refractivity contribution is -0.241. The monoisotopic (exact) mass is 312 g/mol. The van der Waals surface area contributed by atoms with Crippen molar-refractivity contribution in [3.63, 3.8) is 0 Å². The zero-order valence-corrected chi connectivity index (χ0v) is 12.6. The average molecular weight is 312 g/mol. The standard InChI is InChI=1S/C16H19F3N2O/c1-4-8-21(16(17,18)19)9-7-13-11(2)20-15-6-5-12(22-3)10-14(13)15/h4-6,10,20H,1,7-9H2,2-3H3. The highest BCUT2D eigenvalue weighted by Crippen LogP contribution is 2.28. The third kappa shape index (κ3) is 3.44. The highest BCUT2D eigenvalue weighted by molar-refractivity contribution is 5.86. The van der Waals surface area contributed by atoms with Crippen molar-refractivity contribution >= 4 is 10.9 Å². The summed E-state index contributed by atoms with van der Waals surface area (Å²) in [5.74, 6) is 0.687. The van der Waals surface area contributed by atoms with Crippen molar-refractivity contribution in [2.24, 2.45) is 0 Å². The summed E-state index contributed by atoms with van der Waals surface area (Å²) in [7, 11) is 1.57. The predicted octanol–water partition coefficient (Wildman–Crippen LogP) is 4.04. The molecule has 0 fully saturated rings. The molecule has 0 saturated carbocycles. The Bertz CT molecular complexity index is 661. The lowest BCUT2D eigenvalue weighted by Crippen LogP contribution is -2.39. The summed E-state index contributed by atoms with van der Waals surface area (Å²) in [6.45, 7) is 4.93. The summed E-state index contributed by atoms with van der Waals surface area (Å²) in [6, 6.07) is 5.54. The molecule has 1 aromatic carbocycles. The number of alkyl halides is 3. The number of methoxy groups -OCH3 is 1. The second kappa shape index (κ2) is 6.44. The van der Waals surface area contributed by atoms with Crippen LogP contribution in [0.3, 0.4) is 0 Å². The molecule has 6 heteroatoms. The van der Waals surface area contributed by atoms with Crippen LogP contribution >= 0.6 is 0 Å². The molecule has 0 atom stereocenters. The largest absolute Gasteiger partial charge is 0.497 e. The minimum Gasteiger partial charge on any atom is -0.497 e. The van der Waals surface area contributed by atoms with Crippen LogP contribution in [0, 0.1) is 6.92 Å². The van der Waals surface area contributed by atoms with Crippen molar-refractivity contribution in [3.05, 3.63) is 42.1 Å². The fraction of sp³-hybridized carbons (Fsp3) is 0.375. The van der Waals surface area contributed by atoms with E-state index in [4.69, 9.17) is 4.74 Å². The van der Waals surface area contributed by atoms with Crippen LogP contribution in [0.5, 0.6) is 5.75 Å². The molecule has 0 aliphatic heterocycles. The van der Waals surface area contributed by atoms with E-state index in [2.05, 4.69) is 11.6 Å². The fourth-order valence-corrected chi connectivity index (χ4v) is 2.53. The Morgan fingerprint density at radius 3 is 2.68 bits per heavy atom. The molecular weight excluding hydrogens is 293 g/mol. The SMILES string of the molecule is C=CCN(CCc1c(C)[nH]c2ccc(OC)cc12)C(F)(F)F. The number of rotatable bonds is 6. The minimum absolute atomic E-state index is 0.111. The molecule has 120 valence electrons. The highest BCUT2D eigenvalue weighted by atomic mass is 19.4. The van der Waals surface area contributed by atoms with Crippen molar-refractivity contribution in [2.45, 2.75) is 19.6 Å².